The molecule has 2 aromatic rings. The van der Waals surface area contributed by atoms with Gasteiger partial charge in [-0.2, -0.15) is 0 Å². The lowest BCUT2D eigenvalue weighted by atomic mass is 10.3. The van der Waals surface area contributed by atoms with E-state index in [1.54, 1.807) is 0 Å². The highest BCUT2D eigenvalue weighted by Crippen LogP contribution is 2.18. The first-order valence-corrected chi connectivity index (χ1v) is 8.79. The molecule has 0 bridgehead atoms. The third-order valence-corrected chi connectivity index (χ3v) is 4.15. The molecule has 0 aromatic carbocycles. The third-order valence-electron chi connectivity index (χ3n) is 3.48. The Balaban J connectivity index is 1.90. The van der Waals surface area contributed by atoms with Gasteiger partial charge in [-0.25, -0.2) is 18.1 Å². The molecule has 2 N–H and O–H groups in total. The largest absolute Gasteiger partial charge is 0.355 e. The summed E-state index contributed by atoms with van der Waals surface area (Å²) in [6.45, 7) is 4.05. The summed E-state index contributed by atoms with van der Waals surface area (Å²) in [6.07, 6.45) is 3.04. The number of sulfonamides is 1. The predicted octanol–water partition coefficient (Wildman–Crippen LogP) is -0.207. The van der Waals surface area contributed by atoms with E-state index in [1.165, 1.54) is 0 Å². The fraction of sp³-hybridized carbons (Fsp3) is 0.462. The smallest absolute Gasteiger partial charge is 0.209 e. The second kappa shape index (κ2) is 5.63. The Kier molecular flexibility index (Phi) is 3.83. The van der Waals surface area contributed by atoms with Gasteiger partial charge in [0.1, 0.15) is 11.5 Å². The van der Waals surface area contributed by atoms with E-state index in [-0.39, 0.29) is 6.54 Å². The SMILES string of the molecule is CS(=O)(=O)NCc1cn2c(N3CCNCC3)cccc2n1. The minimum absolute atomic E-state index is 0.210. The molecule has 0 saturated carbocycles. The van der Waals surface area contributed by atoms with Gasteiger partial charge in [0.05, 0.1) is 18.5 Å². The molecule has 2 aromatic heterocycles. The molecule has 1 aliphatic heterocycles. The van der Waals surface area contributed by atoms with Crippen LogP contribution in [0.25, 0.3) is 5.65 Å². The second-order valence-corrected chi connectivity index (χ2v) is 7.01. The maximum Gasteiger partial charge on any atom is 0.209 e. The van der Waals surface area contributed by atoms with Gasteiger partial charge in [-0.15, -0.1) is 0 Å². The number of anilines is 1. The van der Waals surface area contributed by atoms with Crippen LogP contribution in [-0.2, 0) is 16.6 Å². The minimum atomic E-state index is -3.21. The van der Waals surface area contributed by atoms with Crippen molar-refractivity contribution in [1.29, 1.82) is 0 Å². The van der Waals surface area contributed by atoms with Crippen molar-refractivity contribution in [3.05, 3.63) is 30.1 Å². The number of aromatic nitrogens is 2. The molecular formula is C13H19N5O2S. The van der Waals surface area contributed by atoms with Crippen molar-refractivity contribution >= 4 is 21.5 Å². The molecule has 7 nitrogen and oxygen atoms in total. The first-order valence-electron chi connectivity index (χ1n) is 6.90. The number of rotatable bonds is 4. The van der Waals surface area contributed by atoms with Gasteiger partial charge in [0.2, 0.25) is 10.0 Å². The van der Waals surface area contributed by atoms with Crippen molar-refractivity contribution in [1.82, 2.24) is 19.4 Å². The Hall–Kier alpha value is -1.64. The fourth-order valence-electron chi connectivity index (χ4n) is 2.49. The lowest BCUT2D eigenvalue weighted by Crippen LogP contribution is -2.44. The Labute approximate surface area is 124 Å². The summed E-state index contributed by atoms with van der Waals surface area (Å²) in [6, 6.07) is 5.97. The van der Waals surface area contributed by atoms with Crippen LogP contribution in [-0.4, -0.2) is 50.2 Å². The Bertz CT molecular complexity index is 734. The zero-order valence-electron chi connectivity index (χ0n) is 11.9. The van der Waals surface area contributed by atoms with Crippen molar-refractivity contribution < 1.29 is 8.42 Å². The van der Waals surface area contributed by atoms with Crippen LogP contribution in [0.1, 0.15) is 5.69 Å². The van der Waals surface area contributed by atoms with E-state index in [4.69, 9.17) is 0 Å². The Morgan fingerprint density at radius 2 is 2.10 bits per heavy atom. The van der Waals surface area contributed by atoms with E-state index in [2.05, 4.69) is 26.0 Å². The number of hydrogen-bond donors (Lipinski definition) is 2. The van der Waals surface area contributed by atoms with Crippen molar-refractivity contribution in [2.45, 2.75) is 6.54 Å². The van der Waals surface area contributed by atoms with Crippen LogP contribution in [0.4, 0.5) is 5.82 Å². The number of fused-ring (bicyclic) bond motifs is 1. The van der Waals surface area contributed by atoms with Crippen LogP contribution in [0.5, 0.6) is 0 Å². The lowest BCUT2D eigenvalue weighted by Gasteiger charge is -2.29. The molecule has 0 aliphatic carbocycles. The fourth-order valence-corrected chi connectivity index (χ4v) is 2.90. The topological polar surface area (TPSA) is 78.7 Å². The van der Waals surface area contributed by atoms with Gasteiger partial charge in [0.15, 0.2) is 0 Å². The molecule has 3 heterocycles. The molecule has 0 unspecified atom stereocenters. The molecule has 1 saturated heterocycles. The van der Waals surface area contributed by atoms with Gasteiger partial charge < -0.3 is 10.2 Å². The zero-order valence-corrected chi connectivity index (χ0v) is 12.7. The molecule has 8 heteroatoms. The van der Waals surface area contributed by atoms with Gasteiger partial charge in [0, 0.05) is 32.4 Å². The molecule has 21 heavy (non-hydrogen) atoms. The summed E-state index contributed by atoms with van der Waals surface area (Å²) in [5.41, 5.74) is 1.54. The molecule has 114 valence electrons. The third kappa shape index (κ3) is 3.34. The van der Waals surface area contributed by atoms with E-state index in [1.807, 2.05) is 22.7 Å². The number of imidazole rings is 1. The maximum atomic E-state index is 11.2. The summed E-state index contributed by atoms with van der Waals surface area (Å²) in [4.78, 5) is 6.77. The van der Waals surface area contributed by atoms with Crippen LogP contribution >= 0.6 is 0 Å². The molecule has 0 amide bonds. The van der Waals surface area contributed by atoms with Crippen LogP contribution in [0.15, 0.2) is 24.4 Å². The average Bonchev–Trinajstić information content (AvgIpc) is 2.88. The number of piperazine rings is 1. The molecular weight excluding hydrogens is 290 g/mol. The first kappa shape index (κ1) is 14.3. The van der Waals surface area contributed by atoms with Crippen molar-refractivity contribution in [2.24, 2.45) is 0 Å². The van der Waals surface area contributed by atoms with Gasteiger partial charge in [-0.05, 0) is 12.1 Å². The Morgan fingerprint density at radius 1 is 1.33 bits per heavy atom. The zero-order chi connectivity index (χ0) is 14.9. The molecule has 0 atom stereocenters. The lowest BCUT2D eigenvalue weighted by molar-refractivity contribution is 0.583. The highest BCUT2D eigenvalue weighted by Gasteiger charge is 2.14. The summed E-state index contributed by atoms with van der Waals surface area (Å²) in [7, 11) is -3.21. The normalized spacial score (nSPS) is 16.5. The van der Waals surface area contributed by atoms with Crippen molar-refractivity contribution in [3.63, 3.8) is 0 Å². The molecule has 0 spiro atoms. The average molecular weight is 309 g/mol. The number of hydrogen-bond acceptors (Lipinski definition) is 5. The van der Waals surface area contributed by atoms with E-state index in [9.17, 15) is 8.42 Å². The highest BCUT2D eigenvalue weighted by atomic mass is 32.2. The van der Waals surface area contributed by atoms with Gasteiger partial charge in [-0.3, -0.25) is 4.40 Å². The van der Waals surface area contributed by atoms with Crippen LogP contribution in [0.3, 0.4) is 0 Å². The monoisotopic (exact) mass is 309 g/mol. The quantitative estimate of drug-likeness (QED) is 0.817. The summed E-state index contributed by atoms with van der Waals surface area (Å²) < 4.78 is 26.8. The van der Waals surface area contributed by atoms with Crippen LogP contribution in [0.2, 0.25) is 0 Å². The van der Waals surface area contributed by atoms with Crippen LogP contribution < -0.4 is 14.9 Å². The van der Waals surface area contributed by atoms with Gasteiger partial charge in [0.25, 0.3) is 0 Å². The summed E-state index contributed by atoms with van der Waals surface area (Å²) in [5, 5.41) is 3.33. The number of pyridine rings is 1. The summed E-state index contributed by atoms with van der Waals surface area (Å²) >= 11 is 0. The maximum absolute atomic E-state index is 11.2. The van der Waals surface area contributed by atoms with E-state index in [0.29, 0.717) is 5.69 Å². The van der Waals surface area contributed by atoms with Gasteiger partial charge in [-0.1, -0.05) is 6.07 Å². The highest BCUT2D eigenvalue weighted by molar-refractivity contribution is 7.88. The molecule has 0 radical (unpaired) electrons. The number of nitrogens with zero attached hydrogens (tertiary/aromatic N) is 3. The predicted molar refractivity (Wildman–Crippen MR) is 82.0 cm³/mol. The van der Waals surface area contributed by atoms with E-state index < -0.39 is 10.0 Å². The standard InChI is InChI=1S/C13H19N5O2S/c1-21(19,20)15-9-11-10-18-12(16-11)3-2-4-13(18)17-7-5-14-6-8-17/h2-4,10,14-15H,5-9H2,1H3. The minimum Gasteiger partial charge on any atom is -0.355 e. The summed E-state index contributed by atoms with van der Waals surface area (Å²) in [5.74, 6) is 1.09. The van der Waals surface area contributed by atoms with Crippen molar-refractivity contribution in [2.75, 3.05) is 37.3 Å². The van der Waals surface area contributed by atoms with Crippen molar-refractivity contribution in [3.8, 4) is 0 Å². The first-order chi connectivity index (χ1) is 10.0. The van der Waals surface area contributed by atoms with E-state index >= 15 is 0 Å². The van der Waals surface area contributed by atoms with E-state index in [0.717, 1.165) is 43.9 Å². The molecule has 3 rings (SSSR count). The van der Waals surface area contributed by atoms with Gasteiger partial charge >= 0.3 is 0 Å². The number of nitrogens with one attached hydrogen (secondary N) is 2. The Morgan fingerprint density at radius 3 is 2.81 bits per heavy atom. The molecule has 1 aliphatic rings. The molecule has 1 fully saturated rings. The van der Waals surface area contributed by atoms with Crippen LogP contribution in [0, 0.1) is 0 Å². The second-order valence-electron chi connectivity index (χ2n) is 5.17.